The van der Waals surface area contributed by atoms with E-state index in [-0.39, 0.29) is 8.58 Å². The molecule has 3 aromatic rings. The van der Waals surface area contributed by atoms with Gasteiger partial charge in [0, 0.05) is 5.30 Å². The van der Waals surface area contributed by atoms with Gasteiger partial charge in [-0.3, -0.25) is 0 Å². The SMILES string of the molecule is Oc1c(CC2C=CC=CC2)cc(CC2C=CC=CC2)cc1Pc1ccccc1C(O)c1ccccc1. The number of hydrogen-bond acceptors (Lipinski definition) is 2. The van der Waals surface area contributed by atoms with Gasteiger partial charge in [0.15, 0.2) is 0 Å². The predicted octanol–water partition coefficient (Wildman–Crippen LogP) is 6.45. The molecule has 2 aliphatic carbocycles. The van der Waals surface area contributed by atoms with Crippen LogP contribution in [0.25, 0.3) is 0 Å². The first-order valence-corrected chi connectivity index (χ1v) is 13.8. The van der Waals surface area contributed by atoms with Gasteiger partial charge in [-0.2, -0.15) is 0 Å². The lowest BCUT2D eigenvalue weighted by Gasteiger charge is -2.21. The Kier molecular flexibility index (Phi) is 7.96. The number of aliphatic hydroxyl groups excluding tert-OH is 1. The Labute approximate surface area is 216 Å². The molecule has 0 heterocycles. The third-order valence-electron chi connectivity index (χ3n) is 7.01. The van der Waals surface area contributed by atoms with Gasteiger partial charge in [0.05, 0.1) is 0 Å². The Morgan fingerprint density at radius 1 is 0.750 bits per heavy atom. The zero-order valence-corrected chi connectivity index (χ0v) is 21.4. The van der Waals surface area contributed by atoms with Gasteiger partial charge in [-0.05, 0) is 71.1 Å². The van der Waals surface area contributed by atoms with Crippen molar-refractivity contribution in [1.29, 1.82) is 0 Å². The molecule has 3 aromatic carbocycles. The van der Waals surface area contributed by atoms with E-state index in [1.165, 1.54) is 5.56 Å². The second-order valence-electron chi connectivity index (χ2n) is 9.70. The maximum absolute atomic E-state index is 11.4. The normalized spacial score (nSPS) is 19.8. The molecule has 0 spiro atoms. The highest BCUT2D eigenvalue weighted by Crippen LogP contribution is 2.32. The molecule has 5 rings (SSSR count). The number of phenolic OH excluding ortho intramolecular Hbond substituents is 1. The van der Waals surface area contributed by atoms with Crippen LogP contribution >= 0.6 is 8.58 Å². The molecule has 0 fully saturated rings. The van der Waals surface area contributed by atoms with Crippen molar-refractivity contribution in [3.05, 3.63) is 138 Å². The van der Waals surface area contributed by atoms with Gasteiger partial charge in [-0.1, -0.05) is 118 Å². The molecule has 182 valence electrons. The molecule has 4 atom stereocenters. The summed E-state index contributed by atoms with van der Waals surface area (Å²) in [5, 5.41) is 24.6. The van der Waals surface area contributed by atoms with Crippen LogP contribution in [0.1, 0.15) is 41.2 Å². The van der Waals surface area contributed by atoms with Crippen LogP contribution < -0.4 is 10.6 Å². The fourth-order valence-electron chi connectivity index (χ4n) is 5.09. The second kappa shape index (κ2) is 11.7. The molecule has 0 aromatic heterocycles. The predicted molar refractivity (Wildman–Crippen MR) is 153 cm³/mol. The van der Waals surface area contributed by atoms with Gasteiger partial charge in [0.1, 0.15) is 11.9 Å². The molecule has 36 heavy (non-hydrogen) atoms. The summed E-state index contributed by atoms with van der Waals surface area (Å²) < 4.78 is 0. The molecule has 2 aliphatic rings. The van der Waals surface area contributed by atoms with Gasteiger partial charge in [0.2, 0.25) is 0 Å². The molecular formula is C33H33O2P. The lowest BCUT2D eigenvalue weighted by atomic mass is 9.89. The number of allylic oxidation sites excluding steroid dienone is 8. The van der Waals surface area contributed by atoms with Crippen molar-refractivity contribution in [3.63, 3.8) is 0 Å². The zero-order chi connectivity index (χ0) is 24.7. The third-order valence-corrected chi connectivity index (χ3v) is 8.38. The van der Waals surface area contributed by atoms with Gasteiger partial charge >= 0.3 is 0 Å². The van der Waals surface area contributed by atoms with E-state index < -0.39 is 6.10 Å². The Bertz CT molecular complexity index is 1300. The summed E-state index contributed by atoms with van der Waals surface area (Å²) in [4.78, 5) is 0. The molecule has 0 amide bonds. The minimum Gasteiger partial charge on any atom is -0.507 e. The molecule has 0 saturated carbocycles. The molecular weight excluding hydrogens is 459 g/mol. The first kappa shape index (κ1) is 24.5. The average Bonchev–Trinajstić information content (AvgIpc) is 2.93. The van der Waals surface area contributed by atoms with Gasteiger partial charge in [-0.25, -0.2) is 0 Å². The van der Waals surface area contributed by atoms with Crippen molar-refractivity contribution < 1.29 is 10.2 Å². The molecule has 2 N–H and O–H groups in total. The quantitative estimate of drug-likeness (QED) is 0.355. The number of aromatic hydroxyl groups is 1. The lowest BCUT2D eigenvalue weighted by molar-refractivity contribution is 0.221. The van der Waals surface area contributed by atoms with E-state index in [0.717, 1.165) is 53.0 Å². The monoisotopic (exact) mass is 492 g/mol. The van der Waals surface area contributed by atoms with Crippen LogP contribution in [0, 0.1) is 11.8 Å². The largest absolute Gasteiger partial charge is 0.507 e. The van der Waals surface area contributed by atoms with Crippen molar-refractivity contribution in [1.82, 2.24) is 0 Å². The van der Waals surface area contributed by atoms with E-state index in [1.54, 1.807) is 0 Å². The van der Waals surface area contributed by atoms with Crippen molar-refractivity contribution in [2.24, 2.45) is 11.8 Å². The van der Waals surface area contributed by atoms with Gasteiger partial charge in [0.25, 0.3) is 0 Å². The number of phenols is 1. The van der Waals surface area contributed by atoms with E-state index in [0.29, 0.717) is 17.6 Å². The van der Waals surface area contributed by atoms with Crippen LogP contribution in [0.4, 0.5) is 0 Å². The topological polar surface area (TPSA) is 40.5 Å². The summed E-state index contributed by atoms with van der Waals surface area (Å²) in [7, 11) is 0.255. The summed E-state index contributed by atoms with van der Waals surface area (Å²) in [5.74, 6) is 1.29. The van der Waals surface area contributed by atoms with Gasteiger partial charge < -0.3 is 10.2 Å². The highest BCUT2D eigenvalue weighted by molar-refractivity contribution is 7.55. The molecule has 2 nitrogen and oxygen atoms in total. The highest BCUT2D eigenvalue weighted by atomic mass is 31.1. The van der Waals surface area contributed by atoms with E-state index >= 15 is 0 Å². The summed E-state index contributed by atoms with van der Waals surface area (Å²) in [6.07, 6.45) is 20.6. The van der Waals surface area contributed by atoms with Crippen molar-refractivity contribution >= 4 is 19.2 Å². The number of hydrogen-bond donors (Lipinski definition) is 2. The minimum atomic E-state index is -0.696. The van der Waals surface area contributed by atoms with E-state index in [1.807, 2.05) is 48.5 Å². The molecule has 0 bridgehead atoms. The van der Waals surface area contributed by atoms with Crippen molar-refractivity contribution in [2.45, 2.75) is 31.8 Å². The lowest BCUT2D eigenvalue weighted by Crippen LogP contribution is -2.16. The fraction of sp³-hybridized carbons (Fsp3) is 0.212. The van der Waals surface area contributed by atoms with Crippen LogP contribution in [0.2, 0.25) is 0 Å². The third kappa shape index (κ3) is 5.95. The standard InChI is InChI=1S/C33H33O2P/c34-32(27-16-8-3-9-17-27)29-18-10-11-19-30(29)36-31-23-26(20-24-12-4-1-5-13-24)22-28(33(31)35)21-25-14-6-2-7-15-25/h1-12,14,16-19,22-25,32,34-36H,13,15,20-21H2. The summed E-state index contributed by atoms with van der Waals surface area (Å²) in [6, 6.07) is 22.3. The first-order chi connectivity index (χ1) is 17.7. The number of rotatable bonds is 8. The molecule has 0 aliphatic heterocycles. The zero-order valence-electron chi connectivity index (χ0n) is 20.4. The number of aliphatic hydroxyl groups is 1. The highest BCUT2D eigenvalue weighted by Gasteiger charge is 2.19. The Morgan fingerprint density at radius 2 is 1.42 bits per heavy atom. The number of benzene rings is 3. The fourth-order valence-corrected chi connectivity index (χ4v) is 6.46. The smallest absolute Gasteiger partial charge is 0.126 e. The van der Waals surface area contributed by atoms with Crippen LogP contribution in [-0.4, -0.2) is 10.2 Å². The van der Waals surface area contributed by atoms with Crippen molar-refractivity contribution in [2.75, 3.05) is 0 Å². The minimum absolute atomic E-state index is 0.255. The second-order valence-corrected chi connectivity index (χ2v) is 11.0. The van der Waals surface area contributed by atoms with Crippen LogP contribution in [0.15, 0.2) is 115 Å². The van der Waals surface area contributed by atoms with E-state index in [9.17, 15) is 10.2 Å². The molecule has 3 heteroatoms. The van der Waals surface area contributed by atoms with Gasteiger partial charge in [-0.15, -0.1) is 0 Å². The summed E-state index contributed by atoms with van der Waals surface area (Å²) in [5.41, 5.74) is 4.07. The molecule has 4 unspecified atom stereocenters. The Morgan fingerprint density at radius 3 is 2.11 bits per heavy atom. The van der Waals surface area contributed by atoms with E-state index in [2.05, 4.69) is 66.8 Å². The van der Waals surface area contributed by atoms with Crippen LogP contribution in [0.5, 0.6) is 5.75 Å². The summed E-state index contributed by atoms with van der Waals surface area (Å²) >= 11 is 0. The van der Waals surface area contributed by atoms with Crippen LogP contribution in [-0.2, 0) is 12.8 Å². The Hall–Kier alpha value is -3.19. The Balaban J connectivity index is 1.48. The molecule has 0 saturated heterocycles. The van der Waals surface area contributed by atoms with Crippen molar-refractivity contribution in [3.8, 4) is 5.75 Å². The first-order valence-electron chi connectivity index (χ1n) is 12.8. The van der Waals surface area contributed by atoms with Crippen LogP contribution in [0.3, 0.4) is 0 Å². The van der Waals surface area contributed by atoms with E-state index in [4.69, 9.17) is 0 Å². The maximum Gasteiger partial charge on any atom is 0.126 e. The average molecular weight is 493 g/mol. The summed E-state index contributed by atoms with van der Waals surface area (Å²) in [6.45, 7) is 0. The maximum atomic E-state index is 11.4. The molecule has 0 radical (unpaired) electrons.